The monoisotopic (exact) mass is 218 g/mol. The highest BCUT2D eigenvalue weighted by molar-refractivity contribution is 4.73. The van der Waals surface area contributed by atoms with E-state index in [1.165, 1.54) is 0 Å². The van der Waals surface area contributed by atoms with Crippen LogP contribution < -0.4 is 0 Å². The molecular formula is C10H22N2O3. The molecule has 1 aliphatic heterocycles. The molecule has 0 aromatic heterocycles. The minimum absolute atomic E-state index is 0.228. The molecule has 1 heterocycles. The Hall–Kier alpha value is -0.200. The standard InChI is InChI=1S/C10H22N2O3/c1-15-9-10(14)8-12-4-2-11(3-5-12)6-7-13/h10,13-14H,2-9H2,1H3. The maximum atomic E-state index is 9.55. The molecule has 1 fully saturated rings. The molecule has 1 unspecified atom stereocenters. The predicted octanol–water partition coefficient (Wildman–Crippen LogP) is -1.40. The summed E-state index contributed by atoms with van der Waals surface area (Å²) in [6.07, 6.45) is -0.389. The Kier molecular flexibility index (Phi) is 6.12. The van der Waals surface area contributed by atoms with E-state index in [2.05, 4.69) is 9.80 Å². The molecule has 1 saturated heterocycles. The van der Waals surface area contributed by atoms with Gasteiger partial charge in [-0.3, -0.25) is 9.80 Å². The van der Waals surface area contributed by atoms with Crippen LogP contribution in [0.4, 0.5) is 0 Å². The van der Waals surface area contributed by atoms with E-state index in [-0.39, 0.29) is 12.7 Å². The Labute approximate surface area is 91.2 Å². The Morgan fingerprint density at radius 1 is 1.20 bits per heavy atom. The zero-order chi connectivity index (χ0) is 11.1. The van der Waals surface area contributed by atoms with Crippen molar-refractivity contribution in [1.82, 2.24) is 9.80 Å². The molecule has 0 amide bonds. The molecule has 0 aliphatic carbocycles. The maximum absolute atomic E-state index is 9.55. The van der Waals surface area contributed by atoms with Crippen molar-refractivity contribution >= 4 is 0 Å². The number of hydrogen-bond acceptors (Lipinski definition) is 5. The van der Waals surface area contributed by atoms with Crippen LogP contribution >= 0.6 is 0 Å². The first-order valence-electron chi connectivity index (χ1n) is 5.49. The highest BCUT2D eigenvalue weighted by Gasteiger charge is 2.18. The molecule has 0 radical (unpaired) electrons. The second kappa shape index (κ2) is 7.14. The Morgan fingerprint density at radius 2 is 1.80 bits per heavy atom. The number of nitrogens with zero attached hydrogens (tertiary/aromatic N) is 2. The van der Waals surface area contributed by atoms with Gasteiger partial charge in [-0.15, -0.1) is 0 Å². The van der Waals surface area contributed by atoms with Gasteiger partial charge >= 0.3 is 0 Å². The van der Waals surface area contributed by atoms with Gasteiger partial charge in [0.25, 0.3) is 0 Å². The fourth-order valence-corrected chi connectivity index (χ4v) is 1.88. The smallest absolute Gasteiger partial charge is 0.0900 e. The quantitative estimate of drug-likeness (QED) is 0.574. The van der Waals surface area contributed by atoms with Crippen molar-refractivity contribution < 1.29 is 14.9 Å². The molecule has 1 rings (SSSR count). The molecule has 1 atom stereocenters. The zero-order valence-electron chi connectivity index (χ0n) is 9.43. The lowest BCUT2D eigenvalue weighted by Gasteiger charge is -2.35. The minimum Gasteiger partial charge on any atom is -0.395 e. The molecule has 0 aromatic carbocycles. The number of hydrogen-bond donors (Lipinski definition) is 2. The second-order valence-electron chi connectivity index (χ2n) is 3.98. The van der Waals surface area contributed by atoms with E-state index in [4.69, 9.17) is 9.84 Å². The Balaban J connectivity index is 2.14. The van der Waals surface area contributed by atoms with E-state index >= 15 is 0 Å². The number of piperazine rings is 1. The molecule has 1 aliphatic rings. The van der Waals surface area contributed by atoms with Gasteiger partial charge < -0.3 is 14.9 Å². The Bertz CT molecular complexity index is 161. The molecule has 15 heavy (non-hydrogen) atoms. The van der Waals surface area contributed by atoms with Crippen molar-refractivity contribution in [2.45, 2.75) is 6.10 Å². The average Bonchev–Trinajstić information content (AvgIpc) is 2.22. The van der Waals surface area contributed by atoms with E-state index in [0.29, 0.717) is 13.2 Å². The van der Waals surface area contributed by atoms with Gasteiger partial charge in [0, 0.05) is 46.4 Å². The van der Waals surface area contributed by atoms with Crippen LogP contribution in [0, 0.1) is 0 Å². The average molecular weight is 218 g/mol. The van der Waals surface area contributed by atoms with E-state index in [1.54, 1.807) is 7.11 Å². The van der Waals surface area contributed by atoms with Crippen molar-refractivity contribution in [1.29, 1.82) is 0 Å². The van der Waals surface area contributed by atoms with Gasteiger partial charge in [-0.2, -0.15) is 0 Å². The van der Waals surface area contributed by atoms with Crippen molar-refractivity contribution in [3.05, 3.63) is 0 Å². The topological polar surface area (TPSA) is 56.2 Å². The van der Waals surface area contributed by atoms with Crippen molar-refractivity contribution in [2.75, 3.05) is 59.6 Å². The third-order valence-corrected chi connectivity index (χ3v) is 2.71. The summed E-state index contributed by atoms with van der Waals surface area (Å²) >= 11 is 0. The summed E-state index contributed by atoms with van der Waals surface area (Å²) in [5.41, 5.74) is 0. The molecule has 2 N–H and O–H groups in total. The van der Waals surface area contributed by atoms with Crippen molar-refractivity contribution in [2.24, 2.45) is 0 Å². The lowest BCUT2D eigenvalue weighted by molar-refractivity contribution is 0.0222. The summed E-state index contributed by atoms with van der Waals surface area (Å²) in [4.78, 5) is 4.47. The number of rotatable bonds is 6. The Morgan fingerprint density at radius 3 is 2.33 bits per heavy atom. The van der Waals surface area contributed by atoms with Crippen LogP contribution in [-0.4, -0.2) is 85.7 Å². The van der Waals surface area contributed by atoms with Gasteiger partial charge in [0.15, 0.2) is 0 Å². The molecular weight excluding hydrogens is 196 g/mol. The van der Waals surface area contributed by atoms with Crippen molar-refractivity contribution in [3.8, 4) is 0 Å². The molecule has 0 saturated carbocycles. The summed E-state index contributed by atoms with van der Waals surface area (Å²) < 4.78 is 4.88. The van der Waals surface area contributed by atoms with Gasteiger partial charge in [0.05, 0.1) is 19.3 Å². The number of ether oxygens (including phenoxy) is 1. The van der Waals surface area contributed by atoms with Crippen LogP contribution in [-0.2, 0) is 4.74 Å². The summed E-state index contributed by atoms with van der Waals surface area (Å²) in [6.45, 7) is 5.93. The third-order valence-electron chi connectivity index (χ3n) is 2.71. The summed E-state index contributed by atoms with van der Waals surface area (Å²) in [7, 11) is 1.60. The van der Waals surface area contributed by atoms with Crippen LogP contribution in [0.5, 0.6) is 0 Å². The number of aliphatic hydroxyl groups excluding tert-OH is 2. The van der Waals surface area contributed by atoms with Gasteiger partial charge in [0.1, 0.15) is 0 Å². The lowest BCUT2D eigenvalue weighted by atomic mass is 10.2. The lowest BCUT2D eigenvalue weighted by Crippen LogP contribution is -2.49. The molecule has 90 valence electrons. The number of β-amino-alcohol motifs (C(OH)–C–C–N with tert-alkyl or cyclic N) is 2. The molecule has 5 heteroatoms. The number of methoxy groups -OCH3 is 1. The first-order valence-corrected chi connectivity index (χ1v) is 5.49. The highest BCUT2D eigenvalue weighted by atomic mass is 16.5. The second-order valence-corrected chi connectivity index (χ2v) is 3.98. The molecule has 5 nitrogen and oxygen atoms in total. The van der Waals surface area contributed by atoms with Gasteiger partial charge in [-0.25, -0.2) is 0 Å². The largest absolute Gasteiger partial charge is 0.395 e. The minimum atomic E-state index is -0.389. The number of aliphatic hydroxyl groups is 2. The normalized spacial score (nSPS) is 21.8. The van der Waals surface area contributed by atoms with Crippen molar-refractivity contribution in [3.63, 3.8) is 0 Å². The SMILES string of the molecule is COCC(O)CN1CCN(CCO)CC1. The zero-order valence-corrected chi connectivity index (χ0v) is 9.43. The summed E-state index contributed by atoms with van der Waals surface area (Å²) in [6, 6.07) is 0. The molecule has 0 aromatic rings. The summed E-state index contributed by atoms with van der Waals surface area (Å²) in [5, 5.41) is 18.3. The van der Waals surface area contributed by atoms with E-state index in [1.807, 2.05) is 0 Å². The van der Waals surface area contributed by atoms with Crippen LogP contribution in [0.3, 0.4) is 0 Å². The fraction of sp³-hybridized carbons (Fsp3) is 1.00. The van der Waals surface area contributed by atoms with Crippen LogP contribution in [0.2, 0.25) is 0 Å². The van der Waals surface area contributed by atoms with Gasteiger partial charge in [-0.05, 0) is 0 Å². The van der Waals surface area contributed by atoms with Crippen LogP contribution in [0.1, 0.15) is 0 Å². The van der Waals surface area contributed by atoms with E-state index in [9.17, 15) is 5.11 Å². The van der Waals surface area contributed by atoms with Gasteiger partial charge in [-0.1, -0.05) is 0 Å². The highest BCUT2D eigenvalue weighted by Crippen LogP contribution is 2.02. The fourth-order valence-electron chi connectivity index (χ4n) is 1.88. The van der Waals surface area contributed by atoms with E-state index < -0.39 is 0 Å². The first-order chi connectivity index (χ1) is 7.26. The maximum Gasteiger partial charge on any atom is 0.0900 e. The first kappa shape index (κ1) is 12.9. The van der Waals surface area contributed by atoms with Gasteiger partial charge in [0.2, 0.25) is 0 Å². The van der Waals surface area contributed by atoms with Crippen LogP contribution in [0.15, 0.2) is 0 Å². The summed E-state index contributed by atoms with van der Waals surface area (Å²) in [5.74, 6) is 0. The molecule has 0 bridgehead atoms. The molecule has 0 spiro atoms. The predicted molar refractivity (Wildman–Crippen MR) is 57.8 cm³/mol. The third kappa shape index (κ3) is 4.90. The van der Waals surface area contributed by atoms with E-state index in [0.717, 1.165) is 32.7 Å². The van der Waals surface area contributed by atoms with Crippen LogP contribution in [0.25, 0.3) is 0 Å².